The van der Waals surface area contributed by atoms with Crippen LogP contribution in [-0.4, -0.2) is 35.3 Å². The van der Waals surface area contributed by atoms with Crippen LogP contribution in [0.1, 0.15) is 53.9 Å². The third-order valence-electron chi connectivity index (χ3n) is 7.70. The molecule has 0 aromatic heterocycles. The Labute approximate surface area is 158 Å². The summed E-state index contributed by atoms with van der Waals surface area (Å²) in [7, 11) is 0. The zero-order chi connectivity index (χ0) is 20.0. The van der Waals surface area contributed by atoms with Gasteiger partial charge in [0.2, 0.25) is 5.60 Å². The summed E-state index contributed by atoms with van der Waals surface area (Å²) in [6, 6.07) is 2.11. The summed E-state index contributed by atoms with van der Waals surface area (Å²) < 4.78 is 11.4. The van der Waals surface area contributed by atoms with Gasteiger partial charge >= 0.3 is 5.97 Å². The first kappa shape index (κ1) is 18.4. The Balaban J connectivity index is 1.88. The Morgan fingerprint density at radius 2 is 1.96 bits per heavy atom. The Kier molecular flexibility index (Phi) is 3.45. The van der Waals surface area contributed by atoms with Gasteiger partial charge in [-0.25, -0.2) is 0 Å². The van der Waals surface area contributed by atoms with Crippen LogP contribution in [-0.2, 0) is 23.9 Å². The molecule has 0 bridgehead atoms. The maximum absolute atomic E-state index is 13.0. The lowest BCUT2D eigenvalue weighted by Gasteiger charge is -2.59. The van der Waals surface area contributed by atoms with Crippen molar-refractivity contribution in [1.82, 2.24) is 0 Å². The van der Waals surface area contributed by atoms with E-state index < -0.39 is 40.0 Å². The van der Waals surface area contributed by atoms with Crippen molar-refractivity contribution in [2.75, 3.05) is 0 Å². The molecule has 0 radical (unpaired) electrons. The fourth-order valence-corrected chi connectivity index (χ4v) is 6.41. The van der Waals surface area contributed by atoms with Gasteiger partial charge in [0, 0.05) is 29.6 Å². The zero-order valence-electron chi connectivity index (χ0n) is 16.4. The first-order chi connectivity index (χ1) is 12.4. The van der Waals surface area contributed by atoms with Crippen LogP contribution < -0.4 is 0 Å². The van der Waals surface area contributed by atoms with E-state index in [0.29, 0.717) is 6.42 Å². The van der Waals surface area contributed by atoms with Crippen LogP contribution in [0.4, 0.5) is 0 Å². The number of allylic oxidation sites excluding steroid dienone is 1. The average molecular weight is 371 g/mol. The third kappa shape index (κ3) is 2.01. The highest BCUT2D eigenvalue weighted by Gasteiger charge is 2.81. The average Bonchev–Trinajstić information content (AvgIpc) is 3.32. The van der Waals surface area contributed by atoms with Gasteiger partial charge in [-0.3, -0.25) is 14.4 Å². The van der Waals surface area contributed by atoms with Crippen molar-refractivity contribution < 1.29 is 23.9 Å². The molecule has 0 amide bonds. The summed E-state index contributed by atoms with van der Waals surface area (Å²) in [5.74, 6) is -0.702. The predicted octanol–water partition coefficient (Wildman–Crippen LogP) is 2.51. The van der Waals surface area contributed by atoms with Crippen molar-refractivity contribution in [3.8, 4) is 6.07 Å². The van der Waals surface area contributed by atoms with Crippen LogP contribution in [0.5, 0.6) is 0 Å². The number of epoxide rings is 1. The molecular weight excluding hydrogens is 346 g/mol. The number of fused-ring (bicyclic) bond motifs is 5. The predicted molar refractivity (Wildman–Crippen MR) is 94.2 cm³/mol. The second kappa shape index (κ2) is 5.08. The standard InChI is InChI=1S/C21H25NO5/c1-11(23)26-15-9-12(24)8-14-19(15,4)7-6-13-18(2,3)16(25)21(10-22)17(27-21)20(13,14)5/h8,13,15,17H,6-7,9H2,1-5H3/t13-,15+,17?,19+,20-,21?/m0/s1. The first-order valence-corrected chi connectivity index (χ1v) is 9.51. The summed E-state index contributed by atoms with van der Waals surface area (Å²) in [4.78, 5) is 37.2. The number of hydrogen-bond donors (Lipinski definition) is 0. The molecule has 1 heterocycles. The molecule has 3 fully saturated rings. The molecule has 144 valence electrons. The van der Waals surface area contributed by atoms with Gasteiger partial charge in [-0.15, -0.1) is 0 Å². The van der Waals surface area contributed by atoms with Crippen molar-refractivity contribution in [1.29, 1.82) is 5.26 Å². The maximum atomic E-state index is 13.0. The molecule has 2 saturated carbocycles. The number of Topliss-reactive ketones (excluding diaryl/α,β-unsaturated/α-hetero) is 1. The van der Waals surface area contributed by atoms with Crippen LogP contribution >= 0.6 is 0 Å². The molecular formula is C21H25NO5. The number of ether oxygens (including phenoxy) is 2. The van der Waals surface area contributed by atoms with Gasteiger partial charge < -0.3 is 9.47 Å². The lowest BCUT2D eigenvalue weighted by molar-refractivity contribution is -0.159. The highest BCUT2D eigenvalue weighted by atomic mass is 16.6. The van der Waals surface area contributed by atoms with Crippen molar-refractivity contribution in [2.45, 2.75) is 71.7 Å². The van der Waals surface area contributed by atoms with Gasteiger partial charge in [-0.2, -0.15) is 5.26 Å². The number of nitrogens with zero attached hydrogens (tertiary/aromatic N) is 1. The Morgan fingerprint density at radius 3 is 2.56 bits per heavy atom. The van der Waals surface area contributed by atoms with Crippen LogP contribution in [0.15, 0.2) is 11.6 Å². The fraction of sp³-hybridized carbons (Fsp3) is 0.714. The maximum Gasteiger partial charge on any atom is 0.302 e. The fourth-order valence-electron chi connectivity index (χ4n) is 6.41. The molecule has 0 spiro atoms. The summed E-state index contributed by atoms with van der Waals surface area (Å²) in [6.07, 6.45) is 2.20. The molecule has 1 aliphatic heterocycles. The second-order valence-corrected chi connectivity index (χ2v) is 9.51. The van der Waals surface area contributed by atoms with E-state index in [1.807, 2.05) is 27.7 Å². The van der Waals surface area contributed by atoms with E-state index >= 15 is 0 Å². The number of carbonyl (C=O) groups excluding carboxylic acids is 3. The van der Waals surface area contributed by atoms with Crippen LogP contribution in [0.3, 0.4) is 0 Å². The van der Waals surface area contributed by atoms with E-state index in [0.717, 1.165) is 12.0 Å². The minimum Gasteiger partial charge on any atom is -0.461 e. The quantitative estimate of drug-likeness (QED) is 0.519. The van der Waals surface area contributed by atoms with E-state index in [9.17, 15) is 19.6 Å². The molecule has 0 N–H and O–H groups in total. The molecule has 6 heteroatoms. The molecule has 0 aromatic carbocycles. The Bertz CT molecular complexity index is 851. The minimum atomic E-state index is -1.43. The topological polar surface area (TPSA) is 96.8 Å². The van der Waals surface area contributed by atoms with Crippen LogP contribution in [0.2, 0.25) is 0 Å². The summed E-state index contributed by atoms with van der Waals surface area (Å²) in [5, 5.41) is 9.73. The Morgan fingerprint density at radius 1 is 1.30 bits per heavy atom. The molecule has 6 atom stereocenters. The van der Waals surface area contributed by atoms with Gasteiger partial charge in [-0.05, 0) is 30.4 Å². The molecule has 4 aliphatic rings. The van der Waals surface area contributed by atoms with Gasteiger partial charge in [0.15, 0.2) is 11.6 Å². The van der Waals surface area contributed by atoms with Gasteiger partial charge in [0.1, 0.15) is 18.3 Å². The van der Waals surface area contributed by atoms with Crippen LogP contribution in [0, 0.1) is 33.5 Å². The number of ketones is 2. The van der Waals surface area contributed by atoms with Crippen molar-refractivity contribution in [3.63, 3.8) is 0 Å². The van der Waals surface area contributed by atoms with Crippen molar-refractivity contribution in [2.24, 2.45) is 22.2 Å². The lowest BCUT2D eigenvalue weighted by Crippen LogP contribution is -2.63. The molecule has 27 heavy (non-hydrogen) atoms. The SMILES string of the molecule is CC(=O)O[C@@H]1CC(=O)C=C2[C@@]3(C)C4OC4(C#N)C(=O)C(C)(C)[C@@H]3CC[C@]21C. The van der Waals surface area contributed by atoms with Crippen molar-refractivity contribution in [3.05, 3.63) is 11.6 Å². The van der Waals surface area contributed by atoms with E-state index in [4.69, 9.17) is 9.47 Å². The number of esters is 1. The molecule has 4 rings (SSSR count). The van der Waals surface area contributed by atoms with Crippen molar-refractivity contribution >= 4 is 17.5 Å². The zero-order valence-corrected chi connectivity index (χ0v) is 16.4. The molecule has 1 saturated heterocycles. The smallest absolute Gasteiger partial charge is 0.302 e. The molecule has 3 aliphatic carbocycles. The summed E-state index contributed by atoms with van der Waals surface area (Å²) >= 11 is 0. The van der Waals surface area contributed by atoms with E-state index in [2.05, 4.69) is 6.07 Å². The number of hydrogen-bond acceptors (Lipinski definition) is 6. The summed E-state index contributed by atoms with van der Waals surface area (Å²) in [6.45, 7) is 9.16. The van der Waals surface area contributed by atoms with Crippen LogP contribution in [0.25, 0.3) is 0 Å². The number of carbonyl (C=O) groups is 3. The molecule has 6 nitrogen and oxygen atoms in total. The van der Waals surface area contributed by atoms with E-state index in [-0.39, 0.29) is 23.9 Å². The normalized spacial score (nSPS) is 47.0. The number of nitriles is 1. The van der Waals surface area contributed by atoms with Gasteiger partial charge in [0.25, 0.3) is 0 Å². The first-order valence-electron chi connectivity index (χ1n) is 9.51. The highest BCUT2D eigenvalue weighted by Crippen LogP contribution is 2.72. The highest BCUT2D eigenvalue weighted by molar-refractivity contribution is 6.00. The second-order valence-electron chi connectivity index (χ2n) is 9.51. The van der Waals surface area contributed by atoms with E-state index in [1.165, 1.54) is 6.92 Å². The van der Waals surface area contributed by atoms with Gasteiger partial charge in [-0.1, -0.05) is 27.7 Å². The summed E-state index contributed by atoms with van der Waals surface area (Å²) in [5.41, 5.74) is -2.43. The minimum absolute atomic E-state index is 0.0466. The molecule has 2 unspecified atom stereocenters. The van der Waals surface area contributed by atoms with E-state index in [1.54, 1.807) is 6.08 Å². The third-order valence-corrected chi connectivity index (χ3v) is 7.70. The molecule has 0 aromatic rings. The van der Waals surface area contributed by atoms with Gasteiger partial charge in [0.05, 0.1) is 0 Å². The lowest BCUT2D eigenvalue weighted by atomic mass is 9.42. The Hall–Kier alpha value is -2.00. The largest absolute Gasteiger partial charge is 0.461 e. The number of rotatable bonds is 1. The monoisotopic (exact) mass is 371 g/mol.